The van der Waals surface area contributed by atoms with Crippen molar-refractivity contribution in [1.29, 1.82) is 0 Å². The van der Waals surface area contributed by atoms with Crippen LogP contribution in [-0.2, 0) is 24.3 Å². The molecule has 2 rings (SSSR count). The predicted octanol–water partition coefficient (Wildman–Crippen LogP) is 0.134. The minimum absolute atomic E-state index is 0.0957. The van der Waals surface area contributed by atoms with Gasteiger partial charge in [0.2, 0.25) is 11.9 Å². The topological polar surface area (TPSA) is 98.7 Å². The number of pyridine rings is 1. The fraction of sp³-hybridized carbons (Fsp3) is 0.333. The van der Waals surface area contributed by atoms with Crippen molar-refractivity contribution in [1.82, 2.24) is 25.1 Å². The number of carbonyl (C=O) groups excluding carboxylic acids is 1. The summed E-state index contributed by atoms with van der Waals surface area (Å²) in [6.45, 7) is 2.56. The normalized spacial score (nSPS) is 10.4. The highest BCUT2D eigenvalue weighted by atomic mass is 16.2. The van der Waals surface area contributed by atoms with E-state index in [-0.39, 0.29) is 18.4 Å². The number of hydrogen-bond acceptors (Lipinski definition) is 5. The molecular weight excluding hydrogens is 244 g/mol. The van der Waals surface area contributed by atoms with E-state index in [4.69, 9.17) is 5.73 Å². The Kier molecular flexibility index (Phi) is 4.07. The Hall–Kier alpha value is -2.44. The molecule has 0 saturated heterocycles. The van der Waals surface area contributed by atoms with Gasteiger partial charge >= 0.3 is 0 Å². The maximum Gasteiger partial charge on any atom is 0.242 e. The highest BCUT2D eigenvalue weighted by molar-refractivity contribution is 5.75. The van der Waals surface area contributed by atoms with E-state index in [1.807, 2.05) is 12.1 Å². The number of nitrogens with zero attached hydrogens (tertiary/aromatic N) is 4. The summed E-state index contributed by atoms with van der Waals surface area (Å²) >= 11 is 0. The molecule has 19 heavy (non-hydrogen) atoms. The Balaban J connectivity index is 1.89. The lowest BCUT2D eigenvalue weighted by molar-refractivity contribution is -0.122. The smallest absolute Gasteiger partial charge is 0.242 e. The van der Waals surface area contributed by atoms with E-state index < -0.39 is 0 Å². The summed E-state index contributed by atoms with van der Waals surface area (Å²) in [6, 6.07) is 3.90. The van der Waals surface area contributed by atoms with E-state index >= 15 is 0 Å². The minimum atomic E-state index is -0.155. The first-order valence-electron chi connectivity index (χ1n) is 6.03. The SMILES string of the molecule is CCc1cccnc1CNC(=O)Cn1cnc(N)n1. The zero-order valence-electron chi connectivity index (χ0n) is 10.7. The molecule has 0 aliphatic rings. The molecule has 0 spiro atoms. The number of amides is 1. The molecule has 0 saturated carbocycles. The third kappa shape index (κ3) is 3.51. The molecule has 7 heteroatoms. The Morgan fingerprint density at radius 3 is 3.00 bits per heavy atom. The molecule has 3 N–H and O–H groups in total. The Bertz CT molecular complexity index is 565. The van der Waals surface area contributed by atoms with Crippen molar-refractivity contribution in [3.05, 3.63) is 35.9 Å². The average molecular weight is 260 g/mol. The van der Waals surface area contributed by atoms with E-state index in [0.717, 1.165) is 17.7 Å². The summed E-state index contributed by atoms with van der Waals surface area (Å²) in [4.78, 5) is 19.7. The van der Waals surface area contributed by atoms with Crippen LogP contribution in [0.1, 0.15) is 18.2 Å². The van der Waals surface area contributed by atoms with Gasteiger partial charge in [0, 0.05) is 6.20 Å². The molecule has 2 aromatic heterocycles. The molecule has 0 bridgehead atoms. The third-order valence-electron chi connectivity index (χ3n) is 2.68. The minimum Gasteiger partial charge on any atom is -0.367 e. The Labute approximate surface area is 110 Å². The molecule has 0 aliphatic carbocycles. The maximum atomic E-state index is 11.7. The van der Waals surface area contributed by atoms with Crippen molar-refractivity contribution in [3.63, 3.8) is 0 Å². The summed E-state index contributed by atoms with van der Waals surface area (Å²) in [5, 5.41) is 6.65. The van der Waals surface area contributed by atoms with Crippen molar-refractivity contribution in [3.8, 4) is 0 Å². The first-order chi connectivity index (χ1) is 9.19. The van der Waals surface area contributed by atoms with Gasteiger partial charge in [0.1, 0.15) is 12.9 Å². The van der Waals surface area contributed by atoms with Gasteiger partial charge in [0.25, 0.3) is 0 Å². The van der Waals surface area contributed by atoms with E-state index in [1.54, 1.807) is 6.20 Å². The highest BCUT2D eigenvalue weighted by Crippen LogP contribution is 2.05. The molecule has 100 valence electrons. The van der Waals surface area contributed by atoms with Crippen molar-refractivity contribution in [2.75, 3.05) is 5.73 Å². The monoisotopic (exact) mass is 260 g/mol. The molecule has 0 atom stereocenters. The largest absolute Gasteiger partial charge is 0.367 e. The molecule has 0 aromatic carbocycles. The molecule has 0 aliphatic heterocycles. The van der Waals surface area contributed by atoms with Gasteiger partial charge in [-0.2, -0.15) is 0 Å². The Morgan fingerprint density at radius 1 is 1.47 bits per heavy atom. The lowest BCUT2D eigenvalue weighted by Crippen LogP contribution is -2.28. The van der Waals surface area contributed by atoms with E-state index in [0.29, 0.717) is 6.54 Å². The van der Waals surface area contributed by atoms with Gasteiger partial charge in [-0.25, -0.2) is 9.67 Å². The van der Waals surface area contributed by atoms with Gasteiger partial charge in [0.05, 0.1) is 12.2 Å². The number of aromatic nitrogens is 4. The van der Waals surface area contributed by atoms with Crippen LogP contribution < -0.4 is 11.1 Å². The first kappa shape index (κ1) is 13.0. The van der Waals surface area contributed by atoms with Crippen LogP contribution in [0.15, 0.2) is 24.7 Å². The average Bonchev–Trinajstić information content (AvgIpc) is 2.82. The van der Waals surface area contributed by atoms with Gasteiger partial charge in [0.15, 0.2) is 0 Å². The highest BCUT2D eigenvalue weighted by Gasteiger charge is 2.06. The van der Waals surface area contributed by atoms with E-state index in [9.17, 15) is 4.79 Å². The van der Waals surface area contributed by atoms with Gasteiger partial charge in [-0.1, -0.05) is 13.0 Å². The second kappa shape index (κ2) is 5.94. The van der Waals surface area contributed by atoms with Gasteiger partial charge in [-0.3, -0.25) is 9.78 Å². The van der Waals surface area contributed by atoms with Gasteiger partial charge < -0.3 is 11.1 Å². The fourth-order valence-electron chi connectivity index (χ4n) is 1.72. The summed E-state index contributed by atoms with van der Waals surface area (Å²) in [7, 11) is 0. The fourth-order valence-corrected chi connectivity index (χ4v) is 1.72. The molecule has 0 radical (unpaired) electrons. The Morgan fingerprint density at radius 2 is 2.32 bits per heavy atom. The third-order valence-corrected chi connectivity index (χ3v) is 2.68. The van der Waals surface area contributed by atoms with Crippen LogP contribution in [0.2, 0.25) is 0 Å². The summed E-state index contributed by atoms with van der Waals surface area (Å²) in [5.74, 6) is 0.00315. The molecule has 1 amide bonds. The number of anilines is 1. The van der Waals surface area contributed by atoms with Crippen LogP contribution in [0.4, 0.5) is 5.95 Å². The van der Waals surface area contributed by atoms with Crippen molar-refractivity contribution in [2.45, 2.75) is 26.4 Å². The van der Waals surface area contributed by atoms with Crippen LogP contribution >= 0.6 is 0 Å². The van der Waals surface area contributed by atoms with E-state index in [2.05, 4.69) is 27.3 Å². The predicted molar refractivity (Wildman–Crippen MR) is 69.9 cm³/mol. The molecule has 2 heterocycles. The number of nitrogens with one attached hydrogen (secondary N) is 1. The number of nitrogen functional groups attached to an aromatic ring is 1. The number of nitrogens with two attached hydrogens (primary N) is 1. The lowest BCUT2D eigenvalue weighted by Gasteiger charge is -2.08. The number of rotatable bonds is 5. The maximum absolute atomic E-state index is 11.7. The van der Waals surface area contributed by atoms with Crippen LogP contribution in [-0.4, -0.2) is 25.7 Å². The second-order valence-corrected chi connectivity index (χ2v) is 4.04. The van der Waals surface area contributed by atoms with Crippen LogP contribution in [0.5, 0.6) is 0 Å². The summed E-state index contributed by atoms with van der Waals surface area (Å²) < 4.78 is 1.39. The van der Waals surface area contributed by atoms with Crippen LogP contribution in [0.3, 0.4) is 0 Å². The zero-order chi connectivity index (χ0) is 13.7. The van der Waals surface area contributed by atoms with Crippen molar-refractivity contribution >= 4 is 11.9 Å². The number of carbonyl (C=O) groups is 1. The molecular formula is C12H16N6O. The standard InChI is InChI=1S/C12H16N6O/c1-2-9-4-3-5-14-10(9)6-15-11(19)7-18-8-16-12(13)17-18/h3-5,8H,2,6-7H2,1H3,(H2,13,17)(H,15,19). The summed E-state index contributed by atoms with van der Waals surface area (Å²) in [6.07, 6.45) is 4.03. The number of hydrogen-bond donors (Lipinski definition) is 2. The van der Waals surface area contributed by atoms with Gasteiger partial charge in [-0.15, -0.1) is 5.10 Å². The van der Waals surface area contributed by atoms with Crippen LogP contribution in [0.25, 0.3) is 0 Å². The number of aryl methyl sites for hydroxylation is 1. The molecule has 0 fully saturated rings. The van der Waals surface area contributed by atoms with Gasteiger partial charge in [-0.05, 0) is 18.1 Å². The van der Waals surface area contributed by atoms with E-state index in [1.165, 1.54) is 11.0 Å². The molecule has 0 unspecified atom stereocenters. The lowest BCUT2D eigenvalue weighted by atomic mass is 10.1. The van der Waals surface area contributed by atoms with Crippen LogP contribution in [0, 0.1) is 0 Å². The van der Waals surface area contributed by atoms with Crippen molar-refractivity contribution < 1.29 is 4.79 Å². The molecule has 2 aromatic rings. The summed E-state index contributed by atoms with van der Waals surface area (Å²) in [5.41, 5.74) is 7.39. The quantitative estimate of drug-likeness (QED) is 0.796. The first-order valence-corrected chi connectivity index (χ1v) is 6.03. The molecule has 7 nitrogen and oxygen atoms in total. The van der Waals surface area contributed by atoms with Crippen molar-refractivity contribution in [2.24, 2.45) is 0 Å². The zero-order valence-corrected chi connectivity index (χ0v) is 10.7. The second-order valence-electron chi connectivity index (χ2n) is 4.04.